The fourth-order valence-electron chi connectivity index (χ4n) is 1.22. The van der Waals surface area contributed by atoms with Gasteiger partial charge in [-0.2, -0.15) is 0 Å². The van der Waals surface area contributed by atoms with E-state index in [0.717, 1.165) is 6.07 Å². The molecule has 0 saturated heterocycles. The van der Waals surface area contributed by atoms with Crippen molar-refractivity contribution in [3.63, 3.8) is 0 Å². The number of ether oxygens (including phenoxy) is 1. The van der Waals surface area contributed by atoms with Crippen LogP contribution in [0.5, 0.6) is 5.75 Å². The minimum absolute atomic E-state index is 0.0803. The summed E-state index contributed by atoms with van der Waals surface area (Å²) < 4.78 is 31.5. The van der Waals surface area contributed by atoms with E-state index in [2.05, 4.69) is 20.7 Å². The van der Waals surface area contributed by atoms with Crippen molar-refractivity contribution in [3.8, 4) is 5.75 Å². The van der Waals surface area contributed by atoms with E-state index in [9.17, 15) is 13.9 Å². The third kappa shape index (κ3) is 2.27. The smallest absolute Gasteiger partial charge is 0.166 e. The molecule has 0 amide bonds. The van der Waals surface area contributed by atoms with Gasteiger partial charge in [-0.15, -0.1) is 0 Å². The molecule has 3 nitrogen and oxygen atoms in total. The third-order valence-electron chi connectivity index (χ3n) is 1.92. The summed E-state index contributed by atoms with van der Waals surface area (Å²) in [5.74, 6) is -1.85. The second-order valence-electron chi connectivity index (χ2n) is 2.85. The van der Waals surface area contributed by atoms with Crippen molar-refractivity contribution >= 4 is 15.9 Å². The first-order valence-electron chi connectivity index (χ1n) is 4.12. The predicted octanol–water partition coefficient (Wildman–Crippen LogP) is 1.73. The molecule has 0 heterocycles. The molecule has 0 saturated carbocycles. The first kappa shape index (κ1) is 12.4. The Bertz CT molecular complexity index is 374. The molecular formula is C9H10BrF2NO2. The number of nitrogens with two attached hydrogens (primary N) is 1. The largest absolute Gasteiger partial charge is 0.493 e. The average molecular weight is 282 g/mol. The molecule has 0 aromatic heterocycles. The molecule has 0 aliphatic heterocycles. The van der Waals surface area contributed by atoms with Gasteiger partial charge in [-0.1, -0.05) is 0 Å². The maximum atomic E-state index is 13.6. The van der Waals surface area contributed by atoms with Crippen molar-refractivity contribution in [3.05, 3.63) is 27.7 Å². The van der Waals surface area contributed by atoms with E-state index in [1.807, 2.05) is 0 Å². The molecule has 1 unspecified atom stereocenters. The van der Waals surface area contributed by atoms with Gasteiger partial charge in [-0.05, 0) is 22.0 Å². The zero-order chi connectivity index (χ0) is 11.6. The Morgan fingerprint density at radius 1 is 1.60 bits per heavy atom. The van der Waals surface area contributed by atoms with Crippen LogP contribution in [-0.4, -0.2) is 18.8 Å². The maximum Gasteiger partial charge on any atom is 0.166 e. The first-order valence-corrected chi connectivity index (χ1v) is 4.91. The Balaban J connectivity index is 3.43. The van der Waals surface area contributed by atoms with Crippen molar-refractivity contribution in [2.45, 2.75) is 6.10 Å². The highest BCUT2D eigenvalue weighted by molar-refractivity contribution is 9.10. The van der Waals surface area contributed by atoms with Gasteiger partial charge in [-0.3, -0.25) is 0 Å². The van der Waals surface area contributed by atoms with Gasteiger partial charge >= 0.3 is 0 Å². The second-order valence-corrected chi connectivity index (χ2v) is 3.71. The molecule has 0 radical (unpaired) electrons. The fourth-order valence-corrected chi connectivity index (χ4v) is 1.63. The van der Waals surface area contributed by atoms with Gasteiger partial charge in [0.05, 0.1) is 23.2 Å². The molecular weight excluding hydrogens is 272 g/mol. The highest BCUT2D eigenvalue weighted by atomic mass is 79.9. The van der Waals surface area contributed by atoms with Gasteiger partial charge in [0.2, 0.25) is 0 Å². The molecule has 0 spiro atoms. The van der Waals surface area contributed by atoms with E-state index in [-0.39, 0.29) is 22.3 Å². The Morgan fingerprint density at radius 3 is 2.67 bits per heavy atom. The molecule has 1 rings (SSSR count). The number of methoxy groups -OCH3 is 1. The van der Waals surface area contributed by atoms with Crippen LogP contribution in [0.2, 0.25) is 0 Å². The SMILES string of the molecule is COc1c(F)cc(Br)c(F)c1C(O)CN. The quantitative estimate of drug-likeness (QED) is 0.830. The van der Waals surface area contributed by atoms with Crippen LogP contribution in [0.4, 0.5) is 8.78 Å². The zero-order valence-corrected chi connectivity index (χ0v) is 9.51. The molecule has 6 heteroatoms. The van der Waals surface area contributed by atoms with Crippen molar-refractivity contribution in [1.82, 2.24) is 0 Å². The van der Waals surface area contributed by atoms with Crippen LogP contribution in [0.3, 0.4) is 0 Å². The average Bonchev–Trinajstić information content (AvgIpc) is 2.21. The molecule has 0 aliphatic rings. The van der Waals surface area contributed by atoms with Crippen molar-refractivity contribution in [2.75, 3.05) is 13.7 Å². The number of benzene rings is 1. The molecule has 0 fully saturated rings. The third-order valence-corrected chi connectivity index (χ3v) is 2.50. The van der Waals surface area contributed by atoms with Crippen molar-refractivity contribution in [1.29, 1.82) is 0 Å². The van der Waals surface area contributed by atoms with E-state index in [4.69, 9.17) is 5.73 Å². The Kier molecular flexibility index (Phi) is 4.01. The molecule has 1 aromatic rings. The van der Waals surface area contributed by atoms with Crippen LogP contribution in [-0.2, 0) is 0 Å². The number of aliphatic hydroxyl groups is 1. The van der Waals surface area contributed by atoms with E-state index in [1.165, 1.54) is 7.11 Å². The summed E-state index contributed by atoms with van der Waals surface area (Å²) in [6.07, 6.45) is -1.30. The van der Waals surface area contributed by atoms with E-state index >= 15 is 0 Å². The lowest BCUT2D eigenvalue weighted by Gasteiger charge is -2.15. The Hall–Kier alpha value is -0.720. The molecule has 15 heavy (non-hydrogen) atoms. The summed E-state index contributed by atoms with van der Waals surface area (Å²) in [5, 5.41) is 9.44. The fraction of sp³-hybridized carbons (Fsp3) is 0.333. The summed E-state index contributed by atoms with van der Waals surface area (Å²) in [6.45, 7) is -0.219. The highest BCUT2D eigenvalue weighted by Crippen LogP contribution is 2.34. The molecule has 1 aromatic carbocycles. The number of aliphatic hydroxyl groups excluding tert-OH is 1. The van der Waals surface area contributed by atoms with E-state index < -0.39 is 17.7 Å². The minimum Gasteiger partial charge on any atom is -0.493 e. The van der Waals surface area contributed by atoms with E-state index in [1.54, 1.807) is 0 Å². The molecule has 0 aliphatic carbocycles. The predicted molar refractivity (Wildman–Crippen MR) is 54.6 cm³/mol. The lowest BCUT2D eigenvalue weighted by Crippen LogP contribution is -2.15. The summed E-state index contributed by atoms with van der Waals surface area (Å²) in [6, 6.07) is 0.931. The number of halogens is 3. The maximum absolute atomic E-state index is 13.6. The summed E-state index contributed by atoms with van der Waals surface area (Å²) in [7, 11) is 1.19. The molecule has 0 bridgehead atoms. The van der Waals surface area contributed by atoms with Crippen molar-refractivity contribution < 1.29 is 18.6 Å². The van der Waals surface area contributed by atoms with Crippen LogP contribution in [0.25, 0.3) is 0 Å². The van der Waals surface area contributed by atoms with Crippen molar-refractivity contribution in [2.24, 2.45) is 5.73 Å². The van der Waals surface area contributed by atoms with Crippen LogP contribution in [0.1, 0.15) is 11.7 Å². The lowest BCUT2D eigenvalue weighted by atomic mass is 10.1. The molecule has 1 atom stereocenters. The standard InChI is InChI=1S/C9H10BrF2NO2/c1-15-9-5(11)2-4(10)8(12)7(9)6(14)3-13/h2,6,14H,3,13H2,1H3. The normalized spacial score (nSPS) is 12.7. The Morgan fingerprint density at radius 2 is 2.20 bits per heavy atom. The van der Waals surface area contributed by atoms with Gasteiger partial charge in [0.25, 0.3) is 0 Å². The summed E-state index contributed by atoms with van der Waals surface area (Å²) in [4.78, 5) is 0. The summed E-state index contributed by atoms with van der Waals surface area (Å²) >= 11 is 2.84. The zero-order valence-electron chi connectivity index (χ0n) is 7.93. The van der Waals surface area contributed by atoms with Gasteiger partial charge in [0.1, 0.15) is 5.82 Å². The van der Waals surface area contributed by atoms with Crippen LogP contribution in [0.15, 0.2) is 10.5 Å². The van der Waals surface area contributed by atoms with Gasteiger partial charge < -0.3 is 15.6 Å². The van der Waals surface area contributed by atoms with E-state index in [0.29, 0.717) is 0 Å². The number of hydrogen-bond donors (Lipinski definition) is 2. The minimum atomic E-state index is -1.30. The molecule has 3 N–H and O–H groups in total. The second kappa shape index (κ2) is 4.87. The van der Waals surface area contributed by atoms with Crippen LogP contribution < -0.4 is 10.5 Å². The lowest BCUT2D eigenvalue weighted by molar-refractivity contribution is 0.175. The number of rotatable bonds is 3. The Labute approximate surface area is 94.0 Å². The monoisotopic (exact) mass is 281 g/mol. The topological polar surface area (TPSA) is 55.5 Å². The van der Waals surface area contributed by atoms with Gasteiger partial charge in [-0.25, -0.2) is 8.78 Å². The van der Waals surface area contributed by atoms with Gasteiger partial charge in [0, 0.05) is 6.54 Å². The van der Waals surface area contributed by atoms with Crippen LogP contribution in [0, 0.1) is 11.6 Å². The number of hydrogen-bond acceptors (Lipinski definition) is 3. The molecule has 84 valence electrons. The summed E-state index contributed by atoms with van der Waals surface area (Å²) in [5.41, 5.74) is 4.92. The highest BCUT2D eigenvalue weighted by Gasteiger charge is 2.23. The first-order chi connectivity index (χ1) is 7.02. The van der Waals surface area contributed by atoms with Crippen LogP contribution >= 0.6 is 15.9 Å². The van der Waals surface area contributed by atoms with Gasteiger partial charge in [0.15, 0.2) is 11.6 Å².